The molecule has 25 heavy (non-hydrogen) atoms. The van der Waals surface area contributed by atoms with Crippen LogP contribution in [0.5, 0.6) is 5.75 Å². The molecular formula is C17H15N3O4S. The molecule has 1 aromatic carbocycles. The zero-order valence-corrected chi connectivity index (χ0v) is 14.2. The fraction of sp³-hybridized carbons (Fsp3) is 0.176. The topological polar surface area (TPSA) is 87.3 Å². The van der Waals surface area contributed by atoms with Crippen LogP contribution in [-0.4, -0.2) is 34.0 Å². The summed E-state index contributed by atoms with van der Waals surface area (Å²) < 4.78 is 15.6. The molecule has 0 spiro atoms. The Balaban J connectivity index is 1.50. The normalized spacial score (nSPS) is 10.4. The van der Waals surface area contributed by atoms with Crippen molar-refractivity contribution in [2.24, 2.45) is 0 Å². The lowest BCUT2D eigenvalue weighted by Crippen LogP contribution is -2.07. The summed E-state index contributed by atoms with van der Waals surface area (Å²) in [7, 11) is 1.61. The van der Waals surface area contributed by atoms with E-state index in [0.29, 0.717) is 16.6 Å². The van der Waals surface area contributed by atoms with E-state index in [0.717, 1.165) is 11.3 Å². The molecule has 3 aromatic rings. The zero-order chi connectivity index (χ0) is 17.5. The number of hydrogen-bond donors (Lipinski definition) is 0. The summed E-state index contributed by atoms with van der Waals surface area (Å²) in [4.78, 5) is 19.8. The Morgan fingerprint density at radius 3 is 2.68 bits per heavy atom. The summed E-state index contributed by atoms with van der Waals surface area (Å²) in [6.45, 7) is 0.0503. The van der Waals surface area contributed by atoms with E-state index < -0.39 is 0 Å². The SMILES string of the molecule is COc1ccc(-c2cc(COC(=O)CSc3ncccn3)no2)cc1. The minimum absolute atomic E-state index is 0.0503. The largest absolute Gasteiger partial charge is 0.497 e. The monoisotopic (exact) mass is 357 g/mol. The van der Waals surface area contributed by atoms with Crippen molar-refractivity contribution in [1.82, 2.24) is 15.1 Å². The van der Waals surface area contributed by atoms with E-state index in [-0.39, 0.29) is 18.3 Å². The smallest absolute Gasteiger partial charge is 0.316 e. The lowest BCUT2D eigenvalue weighted by atomic mass is 10.1. The van der Waals surface area contributed by atoms with Gasteiger partial charge in [0.1, 0.15) is 18.1 Å². The first-order chi connectivity index (χ1) is 12.2. The van der Waals surface area contributed by atoms with Crippen molar-refractivity contribution in [3.63, 3.8) is 0 Å². The number of esters is 1. The van der Waals surface area contributed by atoms with Gasteiger partial charge in [0.05, 0.1) is 12.9 Å². The fourth-order valence-corrected chi connectivity index (χ4v) is 2.55. The lowest BCUT2D eigenvalue weighted by molar-refractivity contribution is -0.141. The van der Waals surface area contributed by atoms with Crippen LogP contribution in [0.1, 0.15) is 5.69 Å². The Labute approximate surface area is 148 Å². The summed E-state index contributed by atoms with van der Waals surface area (Å²) in [6.07, 6.45) is 3.24. The molecule has 0 bridgehead atoms. The number of thioether (sulfide) groups is 1. The van der Waals surface area contributed by atoms with Crippen molar-refractivity contribution in [1.29, 1.82) is 0 Å². The molecule has 7 nitrogen and oxygen atoms in total. The van der Waals surface area contributed by atoms with Crippen molar-refractivity contribution in [3.8, 4) is 17.1 Å². The summed E-state index contributed by atoms with van der Waals surface area (Å²) >= 11 is 1.22. The van der Waals surface area contributed by atoms with Gasteiger partial charge in [-0.1, -0.05) is 16.9 Å². The molecule has 0 aliphatic rings. The Kier molecular flexibility index (Phi) is 5.63. The van der Waals surface area contributed by atoms with Gasteiger partial charge in [-0.3, -0.25) is 4.79 Å². The van der Waals surface area contributed by atoms with Crippen molar-refractivity contribution in [3.05, 3.63) is 54.5 Å². The number of methoxy groups -OCH3 is 1. The van der Waals surface area contributed by atoms with Gasteiger partial charge >= 0.3 is 5.97 Å². The number of aromatic nitrogens is 3. The second kappa shape index (κ2) is 8.29. The van der Waals surface area contributed by atoms with Crippen molar-refractivity contribution in [2.75, 3.05) is 12.9 Å². The molecule has 0 radical (unpaired) electrons. The summed E-state index contributed by atoms with van der Waals surface area (Å²) in [5, 5.41) is 4.44. The Hall–Kier alpha value is -2.87. The van der Waals surface area contributed by atoms with Gasteiger partial charge in [0.25, 0.3) is 0 Å². The van der Waals surface area contributed by atoms with E-state index in [2.05, 4.69) is 15.1 Å². The number of ether oxygens (including phenoxy) is 2. The van der Waals surface area contributed by atoms with E-state index in [1.807, 2.05) is 24.3 Å². The van der Waals surface area contributed by atoms with Gasteiger partial charge < -0.3 is 14.0 Å². The second-order valence-electron chi connectivity index (χ2n) is 4.89. The maximum Gasteiger partial charge on any atom is 0.316 e. The summed E-state index contributed by atoms with van der Waals surface area (Å²) in [5.74, 6) is 1.12. The molecule has 0 saturated carbocycles. The Morgan fingerprint density at radius 2 is 1.96 bits per heavy atom. The molecule has 0 fully saturated rings. The molecule has 8 heteroatoms. The van der Waals surface area contributed by atoms with Crippen LogP contribution in [0, 0.1) is 0 Å². The molecule has 3 rings (SSSR count). The van der Waals surface area contributed by atoms with Crippen LogP contribution >= 0.6 is 11.8 Å². The molecule has 0 atom stereocenters. The quantitative estimate of drug-likeness (QED) is 0.362. The maximum absolute atomic E-state index is 11.8. The first-order valence-electron chi connectivity index (χ1n) is 7.40. The van der Waals surface area contributed by atoms with Gasteiger partial charge in [0, 0.05) is 24.0 Å². The van der Waals surface area contributed by atoms with Gasteiger partial charge in [0.2, 0.25) is 0 Å². The first-order valence-corrected chi connectivity index (χ1v) is 8.38. The first kappa shape index (κ1) is 17.0. The van der Waals surface area contributed by atoms with Gasteiger partial charge in [-0.2, -0.15) is 0 Å². The minimum atomic E-state index is -0.369. The van der Waals surface area contributed by atoms with Crippen LogP contribution in [0.15, 0.2) is 58.5 Å². The third-order valence-electron chi connectivity index (χ3n) is 3.18. The molecule has 2 aromatic heterocycles. The highest BCUT2D eigenvalue weighted by Crippen LogP contribution is 2.23. The molecule has 2 heterocycles. The van der Waals surface area contributed by atoms with E-state index in [4.69, 9.17) is 14.0 Å². The van der Waals surface area contributed by atoms with E-state index >= 15 is 0 Å². The highest BCUT2D eigenvalue weighted by atomic mass is 32.2. The van der Waals surface area contributed by atoms with E-state index in [1.165, 1.54) is 11.8 Å². The van der Waals surface area contributed by atoms with Crippen molar-refractivity contribution < 1.29 is 18.8 Å². The Bertz CT molecular complexity index is 821. The number of benzene rings is 1. The van der Waals surface area contributed by atoms with Crippen LogP contribution in [0.2, 0.25) is 0 Å². The van der Waals surface area contributed by atoms with E-state index in [1.54, 1.807) is 31.6 Å². The molecular weight excluding hydrogens is 342 g/mol. The van der Waals surface area contributed by atoms with Crippen molar-refractivity contribution in [2.45, 2.75) is 11.8 Å². The number of hydrogen-bond acceptors (Lipinski definition) is 8. The van der Waals surface area contributed by atoms with Crippen LogP contribution < -0.4 is 4.74 Å². The average Bonchev–Trinajstić information content (AvgIpc) is 3.14. The van der Waals surface area contributed by atoms with Gasteiger partial charge in [-0.05, 0) is 30.3 Å². The number of carbonyl (C=O) groups is 1. The Morgan fingerprint density at radius 1 is 1.20 bits per heavy atom. The number of nitrogens with zero attached hydrogens (tertiary/aromatic N) is 3. The maximum atomic E-state index is 11.8. The molecule has 0 unspecified atom stereocenters. The standard InChI is InChI=1S/C17H15N3O4S/c1-22-14-5-3-12(4-6-14)15-9-13(20-24-15)10-23-16(21)11-25-17-18-7-2-8-19-17/h2-9H,10-11H2,1H3. The summed E-state index contributed by atoms with van der Waals surface area (Å²) in [6, 6.07) is 10.9. The number of carbonyl (C=O) groups excluding carboxylic acids is 1. The van der Waals surface area contributed by atoms with Crippen LogP contribution in [0.25, 0.3) is 11.3 Å². The molecule has 0 N–H and O–H groups in total. The lowest BCUT2D eigenvalue weighted by Gasteiger charge is -2.01. The molecule has 128 valence electrons. The van der Waals surface area contributed by atoms with Gasteiger partial charge in [0.15, 0.2) is 10.9 Å². The second-order valence-corrected chi connectivity index (χ2v) is 5.83. The van der Waals surface area contributed by atoms with Gasteiger partial charge in [-0.15, -0.1) is 0 Å². The van der Waals surface area contributed by atoms with Crippen LogP contribution in [0.3, 0.4) is 0 Å². The van der Waals surface area contributed by atoms with Crippen LogP contribution in [-0.2, 0) is 16.1 Å². The molecule has 0 amide bonds. The highest BCUT2D eigenvalue weighted by Gasteiger charge is 2.10. The van der Waals surface area contributed by atoms with E-state index in [9.17, 15) is 4.79 Å². The third kappa shape index (κ3) is 4.80. The van der Waals surface area contributed by atoms with Crippen molar-refractivity contribution >= 4 is 17.7 Å². The fourth-order valence-electron chi connectivity index (χ4n) is 1.95. The average molecular weight is 357 g/mol. The number of rotatable bonds is 7. The molecule has 0 saturated heterocycles. The minimum Gasteiger partial charge on any atom is -0.497 e. The predicted molar refractivity (Wildman–Crippen MR) is 91.0 cm³/mol. The third-order valence-corrected chi connectivity index (χ3v) is 4.02. The zero-order valence-electron chi connectivity index (χ0n) is 13.4. The predicted octanol–water partition coefficient (Wildman–Crippen LogP) is 2.98. The van der Waals surface area contributed by atoms with Crippen LogP contribution in [0.4, 0.5) is 0 Å². The van der Waals surface area contributed by atoms with Gasteiger partial charge in [-0.25, -0.2) is 9.97 Å². The summed E-state index contributed by atoms with van der Waals surface area (Å²) in [5.41, 5.74) is 1.41. The molecule has 0 aliphatic heterocycles. The molecule has 0 aliphatic carbocycles. The highest BCUT2D eigenvalue weighted by molar-refractivity contribution is 7.99.